The summed E-state index contributed by atoms with van der Waals surface area (Å²) in [6.07, 6.45) is 0. The number of hydrogen-bond donors (Lipinski definition) is 2. The highest BCUT2D eigenvalue weighted by atomic mass is 16.6. The Morgan fingerprint density at radius 2 is 1.76 bits per heavy atom. The summed E-state index contributed by atoms with van der Waals surface area (Å²) in [5.41, 5.74) is 0.716. The largest absolute Gasteiger partial charge is 0.484 e. The first-order valence-electron chi connectivity index (χ1n) is 7.11. The van der Waals surface area contributed by atoms with Crippen LogP contribution in [-0.4, -0.2) is 29.3 Å². The number of nitro groups is 1. The fourth-order valence-electron chi connectivity index (χ4n) is 2.26. The maximum atomic E-state index is 11.9. The van der Waals surface area contributed by atoms with Gasteiger partial charge in [-0.25, -0.2) is 0 Å². The Balaban J connectivity index is 1.60. The van der Waals surface area contributed by atoms with Crippen LogP contribution < -0.4 is 15.4 Å². The number of benzene rings is 2. The van der Waals surface area contributed by atoms with Crippen molar-refractivity contribution >= 4 is 29.1 Å². The number of nitro benzene ring substituents is 1. The molecule has 3 rings (SSSR count). The summed E-state index contributed by atoms with van der Waals surface area (Å²) in [5.74, 6) is -1.17. The third-order valence-electron chi connectivity index (χ3n) is 3.44. The number of nitrogens with zero attached hydrogens (tertiary/aromatic N) is 1. The van der Waals surface area contributed by atoms with Crippen molar-refractivity contribution < 1.29 is 24.0 Å². The van der Waals surface area contributed by atoms with E-state index in [1.807, 2.05) is 0 Å². The maximum absolute atomic E-state index is 11.9. The molecular formula is C16H11N3O6. The van der Waals surface area contributed by atoms with E-state index in [4.69, 9.17) is 4.74 Å². The molecule has 0 saturated carbocycles. The lowest BCUT2D eigenvalue weighted by Gasteiger charge is -2.08. The SMILES string of the molecule is O=C(COc1ccc([N+](=O)[O-])cc1)Nc1ccc2c(c1)C(=O)NC2=O. The molecule has 1 aliphatic rings. The molecule has 25 heavy (non-hydrogen) atoms. The molecule has 0 saturated heterocycles. The predicted octanol–water partition coefficient (Wildman–Crippen LogP) is 1.50. The summed E-state index contributed by atoms with van der Waals surface area (Å²) in [7, 11) is 0. The number of fused-ring (bicyclic) bond motifs is 1. The molecule has 9 heteroatoms. The van der Waals surface area contributed by atoms with Gasteiger partial charge in [0.1, 0.15) is 5.75 Å². The molecule has 0 bridgehead atoms. The van der Waals surface area contributed by atoms with Gasteiger partial charge in [0.15, 0.2) is 6.61 Å². The lowest BCUT2D eigenvalue weighted by molar-refractivity contribution is -0.384. The van der Waals surface area contributed by atoms with Crippen LogP contribution in [0.4, 0.5) is 11.4 Å². The van der Waals surface area contributed by atoms with Crippen molar-refractivity contribution in [1.82, 2.24) is 5.32 Å². The lowest BCUT2D eigenvalue weighted by Crippen LogP contribution is -2.20. The van der Waals surface area contributed by atoms with Gasteiger partial charge >= 0.3 is 0 Å². The van der Waals surface area contributed by atoms with Gasteiger partial charge in [0, 0.05) is 17.8 Å². The average Bonchev–Trinajstić information content (AvgIpc) is 2.87. The smallest absolute Gasteiger partial charge is 0.269 e. The van der Waals surface area contributed by atoms with Crippen LogP contribution in [0.25, 0.3) is 0 Å². The Morgan fingerprint density at radius 3 is 2.44 bits per heavy atom. The molecule has 126 valence electrons. The summed E-state index contributed by atoms with van der Waals surface area (Å²) in [6.45, 7) is -0.319. The second kappa shape index (κ2) is 6.40. The zero-order chi connectivity index (χ0) is 18.0. The van der Waals surface area contributed by atoms with E-state index in [2.05, 4.69) is 10.6 Å². The number of carbonyl (C=O) groups excluding carboxylic acids is 3. The Hall–Kier alpha value is -3.75. The molecule has 2 aromatic carbocycles. The zero-order valence-corrected chi connectivity index (χ0v) is 12.6. The van der Waals surface area contributed by atoms with Crippen molar-refractivity contribution in [3.8, 4) is 5.75 Å². The fraction of sp³-hybridized carbons (Fsp3) is 0.0625. The van der Waals surface area contributed by atoms with E-state index in [0.29, 0.717) is 11.4 Å². The van der Waals surface area contributed by atoms with Crippen molar-refractivity contribution in [3.63, 3.8) is 0 Å². The van der Waals surface area contributed by atoms with Crippen molar-refractivity contribution in [3.05, 3.63) is 63.7 Å². The Labute approximate surface area is 140 Å². The predicted molar refractivity (Wildman–Crippen MR) is 85.5 cm³/mol. The standard InChI is InChI=1S/C16H11N3O6/c20-14(8-25-11-4-2-10(3-5-11)19(23)24)17-9-1-6-12-13(7-9)16(22)18-15(12)21/h1-7H,8H2,(H,17,20)(H,18,21,22). The Morgan fingerprint density at radius 1 is 1.08 bits per heavy atom. The van der Waals surface area contributed by atoms with Crippen LogP contribution in [0.3, 0.4) is 0 Å². The second-order valence-electron chi connectivity index (χ2n) is 5.13. The molecule has 0 fully saturated rings. The first-order chi connectivity index (χ1) is 11.9. The fourth-order valence-corrected chi connectivity index (χ4v) is 2.26. The van der Waals surface area contributed by atoms with Crippen LogP contribution >= 0.6 is 0 Å². The number of anilines is 1. The van der Waals surface area contributed by atoms with Gasteiger partial charge in [-0.3, -0.25) is 29.8 Å². The van der Waals surface area contributed by atoms with Gasteiger partial charge in [0.25, 0.3) is 23.4 Å². The van der Waals surface area contributed by atoms with E-state index in [0.717, 1.165) is 0 Å². The van der Waals surface area contributed by atoms with Crippen molar-refractivity contribution in [2.24, 2.45) is 0 Å². The van der Waals surface area contributed by atoms with Crippen molar-refractivity contribution in [2.45, 2.75) is 0 Å². The zero-order valence-electron chi connectivity index (χ0n) is 12.6. The van der Waals surface area contributed by atoms with Gasteiger partial charge in [-0.1, -0.05) is 0 Å². The molecule has 0 unspecified atom stereocenters. The minimum Gasteiger partial charge on any atom is -0.484 e. The molecule has 2 aromatic rings. The van der Waals surface area contributed by atoms with Gasteiger partial charge in [0.2, 0.25) is 0 Å². The van der Waals surface area contributed by atoms with E-state index in [1.165, 1.54) is 42.5 Å². The number of carbonyl (C=O) groups is 3. The molecule has 0 atom stereocenters. The van der Waals surface area contributed by atoms with Gasteiger partial charge in [-0.2, -0.15) is 0 Å². The Kier molecular flexibility index (Phi) is 4.12. The summed E-state index contributed by atoms with van der Waals surface area (Å²) >= 11 is 0. The number of nitrogens with one attached hydrogen (secondary N) is 2. The Bertz CT molecular complexity index is 891. The number of hydrogen-bond acceptors (Lipinski definition) is 6. The number of non-ortho nitro benzene ring substituents is 1. The first-order valence-corrected chi connectivity index (χ1v) is 7.11. The van der Waals surface area contributed by atoms with Crippen LogP contribution in [0, 0.1) is 10.1 Å². The van der Waals surface area contributed by atoms with Gasteiger partial charge in [-0.05, 0) is 30.3 Å². The molecule has 2 N–H and O–H groups in total. The third kappa shape index (κ3) is 3.44. The molecular weight excluding hydrogens is 330 g/mol. The van der Waals surface area contributed by atoms with E-state index in [9.17, 15) is 24.5 Å². The minimum absolute atomic E-state index is 0.0808. The van der Waals surface area contributed by atoms with E-state index < -0.39 is 22.6 Å². The number of imide groups is 1. The normalized spacial score (nSPS) is 12.3. The first kappa shape index (κ1) is 16.1. The van der Waals surface area contributed by atoms with Crippen LogP contribution in [0.2, 0.25) is 0 Å². The highest BCUT2D eigenvalue weighted by molar-refractivity contribution is 6.22. The molecule has 0 aromatic heterocycles. The van der Waals surface area contributed by atoms with Crippen LogP contribution in [0.1, 0.15) is 20.7 Å². The van der Waals surface area contributed by atoms with Crippen molar-refractivity contribution in [2.75, 3.05) is 11.9 Å². The molecule has 1 aliphatic heterocycles. The summed E-state index contributed by atoms with van der Waals surface area (Å²) in [5, 5.41) is 15.3. The highest BCUT2D eigenvalue weighted by Gasteiger charge is 2.26. The molecule has 1 heterocycles. The quantitative estimate of drug-likeness (QED) is 0.482. The monoisotopic (exact) mass is 341 g/mol. The minimum atomic E-state index is -0.536. The van der Waals surface area contributed by atoms with E-state index in [-0.39, 0.29) is 23.4 Å². The molecule has 0 radical (unpaired) electrons. The second-order valence-corrected chi connectivity index (χ2v) is 5.13. The van der Waals surface area contributed by atoms with Crippen molar-refractivity contribution in [1.29, 1.82) is 0 Å². The summed E-state index contributed by atoms with van der Waals surface area (Å²) < 4.78 is 5.24. The number of amides is 3. The van der Waals surface area contributed by atoms with Gasteiger partial charge in [0.05, 0.1) is 16.1 Å². The molecule has 3 amide bonds. The number of ether oxygens (including phenoxy) is 1. The van der Waals surface area contributed by atoms with Gasteiger partial charge in [-0.15, -0.1) is 0 Å². The van der Waals surface area contributed by atoms with Crippen LogP contribution in [0.15, 0.2) is 42.5 Å². The summed E-state index contributed by atoms with van der Waals surface area (Å²) in [4.78, 5) is 45.0. The third-order valence-corrected chi connectivity index (χ3v) is 3.44. The summed E-state index contributed by atoms with van der Waals surface area (Å²) in [6, 6.07) is 9.66. The van der Waals surface area contributed by atoms with Gasteiger partial charge < -0.3 is 10.1 Å². The van der Waals surface area contributed by atoms with Crippen LogP contribution in [-0.2, 0) is 4.79 Å². The van der Waals surface area contributed by atoms with E-state index in [1.54, 1.807) is 0 Å². The number of rotatable bonds is 5. The maximum Gasteiger partial charge on any atom is 0.269 e. The lowest BCUT2D eigenvalue weighted by atomic mass is 10.1. The molecule has 0 aliphatic carbocycles. The average molecular weight is 341 g/mol. The topological polar surface area (TPSA) is 128 Å². The highest BCUT2D eigenvalue weighted by Crippen LogP contribution is 2.20. The van der Waals surface area contributed by atoms with Crippen LogP contribution in [0.5, 0.6) is 5.75 Å². The van der Waals surface area contributed by atoms with E-state index >= 15 is 0 Å². The molecule has 9 nitrogen and oxygen atoms in total. The molecule has 0 spiro atoms.